The fourth-order valence-corrected chi connectivity index (χ4v) is 4.56. The predicted octanol–water partition coefficient (Wildman–Crippen LogP) is 3.01. The molecule has 1 unspecified atom stereocenters. The second-order valence-corrected chi connectivity index (χ2v) is 8.96. The van der Waals surface area contributed by atoms with Crippen molar-refractivity contribution < 1.29 is 9.59 Å². The number of rotatable bonds is 7. The Morgan fingerprint density at radius 2 is 1.74 bits per heavy atom. The molecule has 3 aromatic carbocycles. The number of anilines is 1. The van der Waals surface area contributed by atoms with Gasteiger partial charge in [0.2, 0.25) is 5.91 Å². The zero-order chi connectivity index (χ0) is 24.1. The van der Waals surface area contributed by atoms with Crippen LogP contribution in [0.15, 0.2) is 60.7 Å². The highest BCUT2D eigenvalue weighted by Crippen LogP contribution is 2.26. The van der Waals surface area contributed by atoms with Crippen molar-refractivity contribution in [1.82, 2.24) is 15.6 Å². The van der Waals surface area contributed by atoms with Crippen LogP contribution in [0.25, 0.3) is 10.8 Å². The summed E-state index contributed by atoms with van der Waals surface area (Å²) in [7, 11) is 2.12. The quantitative estimate of drug-likeness (QED) is 0.287. The molecule has 4 N–H and O–H groups in total. The second kappa shape index (κ2) is 10.7. The number of fused-ring (bicyclic) bond motifs is 1. The molecule has 1 heterocycles. The molecule has 2 amide bonds. The summed E-state index contributed by atoms with van der Waals surface area (Å²) in [4.78, 5) is 29.9. The van der Waals surface area contributed by atoms with Crippen molar-refractivity contribution >= 4 is 28.3 Å². The van der Waals surface area contributed by atoms with Gasteiger partial charge in [0.1, 0.15) is 0 Å². The van der Waals surface area contributed by atoms with E-state index in [-0.39, 0.29) is 24.3 Å². The highest BCUT2D eigenvalue weighted by molar-refractivity contribution is 5.97. The van der Waals surface area contributed by atoms with Crippen LogP contribution in [-0.2, 0) is 11.2 Å². The normalized spacial score (nSPS) is 15.2. The van der Waals surface area contributed by atoms with Crippen LogP contribution in [0.5, 0.6) is 0 Å². The number of benzene rings is 3. The van der Waals surface area contributed by atoms with E-state index in [0.717, 1.165) is 53.8 Å². The van der Waals surface area contributed by atoms with E-state index in [1.165, 1.54) is 0 Å². The molecular formula is C27H33N5O2. The largest absolute Gasteiger partial charge is 0.369 e. The van der Waals surface area contributed by atoms with Gasteiger partial charge in [-0.05, 0) is 54.4 Å². The summed E-state index contributed by atoms with van der Waals surface area (Å²) < 4.78 is 0. The Labute approximate surface area is 200 Å². The second-order valence-electron chi connectivity index (χ2n) is 8.96. The van der Waals surface area contributed by atoms with E-state index in [9.17, 15) is 9.59 Å². The van der Waals surface area contributed by atoms with Crippen molar-refractivity contribution in [3.8, 4) is 0 Å². The van der Waals surface area contributed by atoms with Gasteiger partial charge in [0.25, 0.3) is 5.91 Å². The zero-order valence-corrected chi connectivity index (χ0v) is 19.9. The van der Waals surface area contributed by atoms with E-state index in [1.807, 2.05) is 43.3 Å². The first-order valence-corrected chi connectivity index (χ1v) is 11.8. The minimum atomic E-state index is -0.251. The third-order valence-corrected chi connectivity index (χ3v) is 6.63. The number of likely N-dealkylation sites (N-methyl/N-ethyl adjacent to an activating group) is 1. The van der Waals surface area contributed by atoms with Gasteiger partial charge in [-0.3, -0.25) is 15.0 Å². The maximum atomic E-state index is 13.5. The first-order valence-electron chi connectivity index (χ1n) is 11.8. The Morgan fingerprint density at radius 1 is 1.00 bits per heavy atom. The lowest BCUT2D eigenvalue weighted by Crippen LogP contribution is -2.44. The number of nitrogens with one attached hydrogen (secondary N) is 2. The van der Waals surface area contributed by atoms with Crippen molar-refractivity contribution in [2.24, 2.45) is 5.84 Å². The van der Waals surface area contributed by atoms with E-state index in [1.54, 1.807) is 0 Å². The monoisotopic (exact) mass is 459 g/mol. The van der Waals surface area contributed by atoms with Crippen LogP contribution in [0.2, 0.25) is 0 Å². The van der Waals surface area contributed by atoms with E-state index in [0.29, 0.717) is 12.0 Å². The maximum Gasteiger partial charge on any atom is 0.252 e. The molecule has 1 atom stereocenters. The van der Waals surface area contributed by atoms with E-state index in [4.69, 9.17) is 5.84 Å². The topological polar surface area (TPSA) is 90.7 Å². The molecule has 1 aliphatic rings. The number of carbonyl (C=O) groups is 2. The number of amides is 2. The molecule has 0 aliphatic carbocycles. The Morgan fingerprint density at radius 3 is 2.50 bits per heavy atom. The molecule has 0 spiro atoms. The average Bonchev–Trinajstić information content (AvgIpc) is 2.87. The van der Waals surface area contributed by atoms with Crippen LogP contribution in [0.4, 0.5) is 5.69 Å². The predicted molar refractivity (Wildman–Crippen MR) is 137 cm³/mol. The van der Waals surface area contributed by atoms with Gasteiger partial charge in [0.05, 0.1) is 6.04 Å². The standard InChI is InChI=1S/C27H33N5O2/c1-19(23-9-5-7-20-6-3-4-8-24(20)23)29-27(34)25-18-22(32-16-14-31(2)15-17-32)12-10-21(25)11-13-26(33)30-28/h3-10,12,18-19H,11,13-17,28H2,1-2H3,(H,29,34)(H,30,33). The van der Waals surface area contributed by atoms with Crippen molar-refractivity contribution in [1.29, 1.82) is 0 Å². The number of carbonyl (C=O) groups excluding carboxylic acids is 2. The van der Waals surface area contributed by atoms with Gasteiger partial charge < -0.3 is 15.1 Å². The molecule has 1 aliphatic heterocycles. The van der Waals surface area contributed by atoms with Gasteiger partial charge in [0.15, 0.2) is 0 Å². The fraction of sp³-hybridized carbons (Fsp3) is 0.333. The minimum Gasteiger partial charge on any atom is -0.369 e. The van der Waals surface area contributed by atoms with Crippen LogP contribution < -0.4 is 21.5 Å². The van der Waals surface area contributed by atoms with Crippen molar-refractivity contribution in [3.05, 3.63) is 77.4 Å². The number of aryl methyl sites for hydroxylation is 1. The van der Waals surface area contributed by atoms with E-state index < -0.39 is 0 Å². The number of hydrogen-bond donors (Lipinski definition) is 3. The van der Waals surface area contributed by atoms with Crippen molar-refractivity contribution in [3.63, 3.8) is 0 Å². The number of nitrogens with two attached hydrogens (primary N) is 1. The number of hydrogen-bond acceptors (Lipinski definition) is 5. The molecule has 34 heavy (non-hydrogen) atoms. The third kappa shape index (κ3) is 5.38. The first kappa shape index (κ1) is 23.7. The van der Waals surface area contributed by atoms with Gasteiger partial charge in [0, 0.05) is 43.9 Å². The molecule has 3 aromatic rings. The minimum absolute atomic E-state index is 0.139. The Kier molecular flexibility index (Phi) is 7.45. The summed E-state index contributed by atoms with van der Waals surface area (Å²) in [5, 5.41) is 5.47. The van der Waals surface area contributed by atoms with Crippen LogP contribution >= 0.6 is 0 Å². The first-order chi connectivity index (χ1) is 16.5. The van der Waals surface area contributed by atoms with Gasteiger partial charge >= 0.3 is 0 Å². The Bertz CT molecular complexity index is 1170. The van der Waals surface area contributed by atoms with E-state index >= 15 is 0 Å². The van der Waals surface area contributed by atoms with Crippen LogP contribution in [0.3, 0.4) is 0 Å². The molecule has 0 radical (unpaired) electrons. The molecule has 1 fully saturated rings. The van der Waals surface area contributed by atoms with Gasteiger partial charge in [-0.15, -0.1) is 0 Å². The highest BCUT2D eigenvalue weighted by Gasteiger charge is 2.20. The lowest BCUT2D eigenvalue weighted by molar-refractivity contribution is -0.121. The van der Waals surface area contributed by atoms with Gasteiger partial charge in [-0.2, -0.15) is 0 Å². The molecule has 0 aromatic heterocycles. The van der Waals surface area contributed by atoms with Gasteiger partial charge in [-0.25, -0.2) is 5.84 Å². The van der Waals surface area contributed by atoms with Crippen molar-refractivity contribution in [2.45, 2.75) is 25.8 Å². The summed E-state index contributed by atoms with van der Waals surface area (Å²) >= 11 is 0. The molecule has 0 saturated carbocycles. The molecule has 7 heteroatoms. The average molecular weight is 460 g/mol. The van der Waals surface area contributed by atoms with Gasteiger partial charge in [-0.1, -0.05) is 48.5 Å². The molecule has 178 valence electrons. The number of hydrazine groups is 1. The molecule has 0 bridgehead atoms. The molecular weight excluding hydrogens is 426 g/mol. The smallest absolute Gasteiger partial charge is 0.252 e. The summed E-state index contributed by atoms with van der Waals surface area (Å²) in [6.07, 6.45) is 0.668. The molecule has 4 rings (SSSR count). The van der Waals surface area contributed by atoms with Crippen LogP contribution in [0.1, 0.15) is 40.9 Å². The lowest BCUT2D eigenvalue weighted by atomic mass is 9.97. The van der Waals surface area contributed by atoms with Crippen LogP contribution in [0, 0.1) is 0 Å². The summed E-state index contributed by atoms with van der Waals surface area (Å²) in [6, 6.07) is 20.1. The summed E-state index contributed by atoms with van der Waals surface area (Å²) in [5.41, 5.74) is 5.72. The SMILES string of the molecule is CC(NC(=O)c1cc(N2CCN(C)CC2)ccc1CCC(=O)NN)c1cccc2ccccc12. The maximum absolute atomic E-state index is 13.5. The fourth-order valence-electron chi connectivity index (χ4n) is 4.56. The van der Waals surface area contributed by atoms with Crippen molar-refractivity contribution in [2.75, 3.05) is 38.1 Å². The lowest BCUT2D eigenvalue weighted by Gasteiger charge is -2.34. The Balaban J connectivity index is 1.60. The third-order valence-electron chi connectivity index (χ3n) is 6.63. The van der Waals surface area contributed by atoms with E-state index in [2.05, 4.69) is 51.9 Å². The highest BCUT2D eigenvalue weighted by atomic mass is 16.2. The zero-order valence-electron chi connectivity index (χ0n) is 19.9. The number of nitrogens with zero attached hydrogens (tertiary/aromatic N) is 2. The number of piperazine rings is 1. The summed E-state index contributed by atoms with van der Waals surface area (Å²) in [6.45, 7) is 5.81. The molecule has 7 nitrogen and oxygen atoms in total. The summed E-state index contributed by atoms with van der Waals surface area (Å²) in [5.74, 6) is 4.86. The van der Waals surface area contributed by atoms with Crippen LogP contribution in [-0.4, -0.2) is 49.9 Å². The Hall–Kier alpha value is -3.42. The molecule has 1 saturated heterocycles.